The highest BCUT2D eigenvalue weighted by Crippen LogP contribution is 2.48. The Kier molecular flexibility index (Phi) is 1.76. The fraction of sp³-hybridized carbons (Fsp3) is 0.500. The number of hydrogen-bond donors (Lipinski definition) is 1. The lowest BCUT2D eigenvalue weighted by Gasteiger charge is -2.37. The van der Waals surface area contributed by atoms with Crippen LogP contribution in [0.2, 0.25) is 0 Å². The van der Waals surface area contributed by atoms with Gasteiger partial charge in [-0.3, -0.25) is 0 Å². The zero-order valence-electron chi connectivity index (χ0n) is 9.61. The summed E-state index contributed by atoms with van der Waals surface area (Å²) in [5.74, 6) is -0.137. The van der Waals surface area contributed by atoms with Crippen molar-refractivity contribution in [1.82, 2.24) is 5.32 Å². The van der Waals surface area contributed by atoms with E-state index >= 15 is 0 Å². The molecule has 0 radical (unpaired) electrons. The number of carbonyl (C=O) groups is 1. The third-order valence-corrected chi connectivity index (χ3v) is 4.41. The molecule has 3 atom stereocenters. The van der Waals surface area contributed by atoms with Crippen molar-refractivity contribution in [3.63, 3.8) is 0 Å². The maximum absolute atomic E-state index is 11.9. The normalized spacial score (nSPS) is 38.2. The van der Waals surface area contributed by atoms with E-state index in [9.17, 15) is 4.79 Å². The highest BCUT2D eigenvalue weighted by molar-refractivity contribution is 5.94. The Labute approximate surface area is 100 Å². The first-order chi connectivity index (χ1) is 8.27. The molecule has 1 aromatic rings. The molecule has 2 fully saturated rings. The second-order valence-corrected chi connectivity index (χ2v) is 5.48. The minimum absolute atomic E-state index is 0.137. The van der Waals surface area contributed by atoms with Crippen LogP contribution in [0.4, 0.5) is 0 Å². The maximum Gasteiger partial charge on any atom is 0.339 e. The summed E-state index contributed by atoms with van der Waals surface area (Å²) in [7, 11) is 0. The third-order valence-electron chi connectivity index (χ3n) is 4.41. The Morgan fingerprint density at radius 1 is 1.18 bits per heavy atom. The number of ether oxygens (including phenoxy) is 1. The standard InChI is InChI=1S/C14H15NO2/c16-13-11-3-1-2-4-12(11)14(17-13)7-9-5-6-10(8-14)15-9/h1-4,9-10,15H,5-8H2/t9-,10+,14-. The number of benzene rings is 1. The summed E-state index contributed by atoms with van der Waals surface area (Å²) in [5, 5.41) is 3.60. The van der Waals surface area contributed by atoms with Crippen LogP contribution in [0.3, 0.4) is 0 Å². The lowest BCUT2D eigenvalue weighted by atomic mass is 9.81. The van der Waals surface area contributed by atoms with Crippen molar-refractivity contribution in [2.24, 2.45) is 0 Å². The second-order valence-electron chi connectivity index (χ2n) is 5.48. The van der Waals surface area contributed by atoms with Gasteiger partial charge in [0.1, 0.15) is 5.60 Å². The van der Waals surface area contributed by atoms with Crippen LogP contribution in [0.25, 0.3) is 0 Å². The summed E-state index contributed by atoms with van der Waals surface area (Å²) < 4.78 is 5.76. The number of nitrogens with one attached hydrogen (secondary N) is 1. The largest absolute Gasteiger partial charge is 0.450 e. The van der Waals surface area contributed by atoms with Gasteiger partial charge in [0.25, 0.3) is 0 Å². The summed E-state index contributed by atoms with van der Waals surface area (Å²) in [6, 6.07) is 8.91. The minimum Gasteiger partial charge on any atom is -0.450 e. The molecule has 3 aliphatic heterocycles. The lowest BCUT2D eigenvalue weighted by molar-refractivity contribution is -0.0342. The zero-order valence-corrected chi connectivity index (χ0v) is 9.61. The van der Waals surface area contributed by atoms with Gasteiger partial charge in [-0.15, -0.1) is 0 Å². The van der Waals surface area contributed by atoms with Crippen LogP contribution in [0, 0.1) is 0 Å². The van der Waals surface area contributed by atoms with Crippen LogP contribution in [-0.2, 0) is 10.3 Å². The van der Waals surface area contributed by atoms with Gasteiger partial charge in [0, 0.05) is 30.5 Å². The minimum atomic E-state index is -0.329. The molecule has 0 saturated carbocycles. The van der Waals surface area contributed by atoms with Crippen molar-refractivity contribution in [3.05, 3.63) is 35.4 Å². The average molecular weight is 229 g/mol. The first-order valence-corrected chi connectivity index (χ1v) is 6.36. The van der Waals surface area contributed by atoms with Crippen LogP contribution in [0.5, 0.6) is 0 Å². The Hall–Kier alpha value is -1.35. The van der Waals surface area contributed by atoms with Gasteiger partial charge in [-0.25, -0.2) is 4.79 Å². The van der Waals surface area contributed by atoms with E-state index in [0.29, 0.717) is 12.1 Å². The monoisotopic (exact) mass is 229 g/mol. The third kappa shape index (κ3) is 1.23. The molecule has 3 heteroatoms. The Morgan fingerprint density at radius 2 is 1.88 bits per heavy atom. The highest BCUT2D eigenvalue weighted by atomic mass is 16.6. The van der Waals surface area contributed by atoms with Crippen molar-refractivity contribution < 1.29 is 9.53 Å². The Morgan fingerprint density at radius 3 is 2.65 bits per heavy atom. The molecule has 1 N–H and O–H groups in total. The van der Waals surface area contributed by atoms with Gasteiger partial charge in [0.15, 0.2) is 0 Å². The fourth-order valence-corrected chi connectivity index (χ4v) is 3.75. The smallest absolute Gasteiger partial charge is 0.339 e. The molecule has 3 heterocycles. The first-order valence-electron chi connectivity index (χ1n) is 6.36. The van der Waals surface area contributed by atoms with E-state index in [1.165, 1.54) is 12.8 Å². The van der Waals surface area contributed by atoms with E-state index in [1.54, 1.807) is 0 Å². The number of piperidine rings is 1. The predicted molar refractivity (Wildman–Crippen MR) is 62.7 cm³/mol. The van der Waals surface area contributed by atoms with E-state index in [-0.39, 0.29) is 11.6 Å². The van der Waals surface area contributed by atoms with Gasteiger partial charge in [0.2, 0.25) is 0 Å². The molecule has 2 saturated heterocycles. The molecule has 88 valence electrons. The van der Waals surface area contributed by atoms with E-state index < -0.39 is 0 Å². The SMILES string of the molecule is O=C1O[C@@]2(C[C@H]3CC[C@@H](C2)N3)c2ccccc21. The van der Waals surface area contributed by atoms with Crippen molar-refractivity contribution >= 4 is 5.97 Å². The Bertz CT molecular complexity index is 485. The van der Waals surface area contributed by atoms with Gasteiger partial charge >= 0.3 is 5.97 Å². The molecule has 0 aromatic heterocycles. The first kappa shape index (κ1) is 9.66. The van der Waals surface area contributed by atoms with Gasteiger partial charge in [-0.1, -0.05) is 18.2 Å². The summed E-state index contributed by atoms with van der Waals surface area (Å²) in [6.07, 6.45) is 4.30. The fourth-order valence-electron chi connectivity index (χ4n) is 3.75. The molecule has 1 aromatic carbocycles. The molecule has 1 spiro atoms. The molecule has 0 unspecified atom stereocenters. The van der Waals surface area contributed by atoms with Crippen LogP contribution in [0.15, 0.2) is 24.3 Å². The highest BCUT2D eigenvalue weighted by Gasteiger charge is 2.52. The average Bonchev–Trinajstić information content (AvgIpc) is 2.80. The summed E-state index contributed by atoms with van der Waals surface area (Å²) in [4.78, 5) is 11.9. The summed E-state index contributed by atoms with van der Waals surface area (Å²) in [5.41, 5.74) is 1.56. The number of carbonyl (C=O) groups excluding carboxylic acids is 1. The van der Waals surface area contributed by atoms with Crippen LogP contribution in [0.1, 0.15) is 41.6 Å². The topological polar surface area (TPSA) is 38.3 Å². The van der Waals surface area contributed by atoms with E-state index in [4.69, 9.17) is 4.74 Å². The number of esters is 1. The summed E-state index contributed by atoms with van der Waals surface area (Å²) in [6.45, 7) is 0. The molecule has 0 aliphatic carbocycles. The summed E-state index contributed by atoms with van der Waals surface area (Å²) >= 11 is 0. The number of fused-ring (bicyclic) bond motifs is 4. The Balaban J connectivity index is 1.83. The molecule has 4 rings (SSSR count). The number of rotatable bonds is 0. The molecule has 3 nitrogen and oxygen atoms in total. The van der Waals surface area contributed by atoms with Gasteiger partial charge < -0.3 is 10.1 Å². The van der Waals surface area contributed by atoms with Crippen molar-refractivity contribution in [3.8, 4) is 0 Å². The van der Waals surface area contributed by atoms with Crippen molar-refractivity contribution in [1.29, 1.82) is 0 Å². The van der Waals surface area contributed by atoms with Crippen molar-refractivity contribution in [2.75, 3.05) is 0 Å². The molecular weight excluding hydrogens is 214 g/mol. The molecule has 2 bridgehead atoms. The zero-order chi connectivity index (χ0) is 11.5. The van der Waals surface area contributed by atoms with E-state index in [0.717, 1.165) is 24.0 Å². The molecule has 3 aliphatic rings. The number of hydrogen-bond acceptors (Lipinski definition) is 3. The van der Waals surface area contributed by atoms with Crippen LogP contribution < -0.4 is 5.32 Å². The van der Waals surface area contributed by atoms with E-state index in [1.807, 2.05) is 18.2 Å². The van der Waals surface area contributed by atoms with Gasteiger partial charge in [-0.05, 0) is 18.9 Å². The quantitative estimate of drug-likeness (QED) is 0.691. The van der Waals surface area contributed by atoms with Crippen LogP contribution in [-0.4, -0.2) is 18.1 Å². The van der Waals surface area contributed by atoms with Gasteiger partial charge in [0.05, 0.1) is 5.56 Å². The van der Waals surface area contributed by atoms with E-state index in [2.05, 4.69) is 11.4 Å². The molecule has 17 heavy (non-hydrogen) atoms. The lowest BCUT2D eigenvalue weighted by Crippen LogP contribution is -2.46. The second kappa shape index (κ2) is 3.10. The maximum atomic E-state index is 11.9. The predicted octanol–water partition coefficient (Wildman–Crippen LogP) is 1.97. The van der Waals surface area contributed by atoms with Crippen molar-refractivity contribution in [2.45, 2.75) is 43.4 Å². The van der Waals surface area contributed by atoms with Crippen LogP contribution >= 0.6 is 0 Å². The molecule has 0 amide bonds. The molecular formula is C14H15NO2. The van der Waals surface area contributed by atoms with Gasteiger partial charge in [-0.2, -0.15) is 0 Å².